The van der Waals surface area contributed by atoms with Crippen molar-refractivity contribution in [3.05, 3.63) is 93.6 Å². The van der Waals surface area contributed by atoms with E-state index in [1.807, 2.05) is 0 Å². The molecule has 2 spiro atoms. The molecule has 5 rings (SSSR count). The van der Waals surface area contributed by atoms with Crippen LogP contribution in [-0.4, -0.2) is 35.5 Å². The van der Waals surface area contributed by atoms with Gasteiger partial charge in [-0.15, -0.1) is 0 Å². The Hall–Kier alpha value is -5.22. The number of nitrogens with zero attached hydrogens (tertiary/aromatic N) is 2. The second-order valence-electron chi connectivity index (χ2n) is 8.90. The molecule has 2 heterocycles. The maximum atomic E-state index is 12.7. The zero-order valence-electron chi connectivity index (χ0n) is 19.8. The summed E-state index contributed by atoms with van der Waals surface area (Å²) in [6.07, 6.45) is 2.46. The van der Waals surface area contributed by atoms with Gasteiger partial charge in [0.2, 0.25) is 0 Å². The van der Waals surface area contributed by atoms with Crippen LogP contribution in [0.1, 0.15) is 36.8 Å². The molecule has 188 valence electrons. The molecular formula is C28H18N2O8. The molecule has 3 aliphatic rings. The standard InChI is InChI=1S/C28H18N2O8/c1-29-19-7-3-17(4-8-19)15-21-23(31)35-27(36-24(21)32)11-13-28(14-12-27)37-25(33)22(26(34)38-28)16-18-5-9-20(30-2)10-6-18/h3-10,15-16H,11-14H2. The lowest BCUT2D eigenvalue weighted by Gasteiger charge is -2.46. The van der Waals surface area contributed by atoms with Crippen LogP contribution in [0.3, 0.4) is 0 Å². The minimum Gasteiger partial charge on any atom is -0.419 e. The first-order valence-electron chi connectivity index (χ1n) is 11.6. The summed E-state index contributed by atoms with van der Waals surface area (Å²) in [5.41, 5.74) is 1.29. The molecule has 0 bridgehead atoms. The smallest absolute Gasteiger partial charge is 0.348 e. The molecule has 38 heavy (non-hydrogen) atoms. The fraction of sp³-hybridized carbons (Fsp3) is 0.214. The summed E-state index contributed by atoms with van der Waals surface area (Å²) in [7, 11) is 0. The molecule has 2 saturated heterocycles. The van der Waals surface area contributed by atoms with Gasteiger partial charge in [0.25, 0.3) is 11.6 Å². The van der Waals surface area contributed by atoms with Gasteiger partial charge in [0.1, 0.15) is 11.1 Å². The summed E-state index contributed by atoms with van der Waals surface area (Å²) in [5.74, 6) is -6.58. The minimum absolute atomic E-state index is 0.0465. The van der Waals surface area contributed by atoms with Crippen molar-refractivity contribution in [3.8, 4) is 0 Å². The molecule has 0 amide bonds. The zero-order valence-corrected chi connectivity index (χ0v) is 19.8. The molecular weight excluding hydrogens is 492 g/mol. The number of esters is 4. The normalized spacial score (nSPS) is 24.5. The van der Waals surface area contributed by atoms with E-state index in [-0.39, 0.29) is 36.8 Å². The Morgan fingerprint density at radius 2 is 0.842 bits per heavy atom. The van der Waals surface area contributed by atoms with Gasteiger partial charge in [0, 0.05) is 25.7 Å². The monoisotopic (exact) mass is 510 g/mol. The van der Waals surface area contributed by atoms with Crippen LogP contribution in [0.4, 0.5) is 11.4 Å². The number of carbonyl (C=O) groups is 4. The summed E-state index contributed by atoms with van der Waals surface area (Å²) < 4.78 is 22.0. The van der Waals surface area contributed by atoms with E-state index < -0.39 is 35.5 Å². The van der Waals surface area contributed by atoms with Gasteiger partial charge in [0.05, 0.1) is 13.1 Å². The minimum atomic E-state index is -1.57. The summed E-state index contributed by atoms with van der Waals surface area (Å²) >= 11 is 0. The molecule has 0 radical (unpaired) electrons. The summed E-state index contributed by atoms with van der Waals surface area (Å²) in [6, 6.07) is 12.6. The topological polar surface area (TPSA) is 114 Å². The number of ether oxygens (including phenoxy) is 4. The van der Waals surface area contributed by atoms with Crippen LogP contribution in [0.15, 0.2) is 59.7 Å². The Morgan fingerprint density at radius 1 is 0.553 bits per heavy atom. The van der Waals surface area contributed by atoms with Crippen molar-refractivity contribution in [2.45, 2.75) is 37.3 Å². The van der Waals surface area contributed by atoms with Crippen molar-refractivity contribution in [1.29, 1.82) is 0 Å². The molecule has 0 unspecified atom stereocenters. The Balaban J connectivity index is 1.26. The Kier molecular flexibility index (Phi) is 6.01. The van der Waals surface area contributed by atoms with Crippen LogP contribution in [-0.2, 0) is 38.1 Å². The highest BCUT2D eigenvalue weighted by Gasteiger charge is 2.56. The molecule has 3 fully saturated rings. The van der Waals surface area contributed by atoms with Crippen molar-refractivity contribution in [3.63, 3.8) is 0 Å². The first-order chi connectivity index (χ1) is 18.2. The number of benzene rings is 2. The van der Waals surface area contributed by atoms with Gasteiger partial charge in [-0.3, -0.25) is 0 Å². The Bertz CT molecular complexity index is 1340. The molecule has 2 aromatic carbocycles. The van der Waals surface area contributed by atoms with Gasteiger partial charge in [-0.2, -0.15) is 0 Å². The molecule has 2 aliphatic heterocycles. The highest BCUT2D eigenvalue weighted by molar-refractivity contribution is 6.19. The van der Waals surface area contributed by atoms with Crippen molar-refractivity contribution in [1.82, 2.24) is 0 Å². The highest BCUT2D eigenvalue weighted by Crippen LogP contribution is 2.45. The summed E-state index contributed by atoms with van der Waals surface area (Å²) in [4.78, 5) is 57.4. The van der Waals surface area contributed by atoms with E-state index in [1.165, 1.54) is 12.2 Å². The molecule has 0 N–H and O–H groups in total. The van der Waals surface area contributed by atoms with Crippen molar-refractivity contribution in [2.75, 3.05) is 0 Å². The molecule has 10 heteroatoms. The van der Waals surface area contributed by atoms with E-state index in [2.05, 4.69) is 9.69 Å². The predicted molar refractivity (Wildman–Crippen MR) is 130 cm³/mol. The van der Waals surface area contributed by atoms with Crippen LogP contribution >= 0.6 is 0 Å². The second kappa shape index (κ2) is 9.34. The largest absolute Gasteiger partial charge is 0.419 e. The Labute approximate surface area is 216 Å². The quantitative estimate of drug-likeness (QED) is 0.253. The summed E-state index contributed by atoms with van der Waals surface area (Å²) in [5, 5.41) is 0. The predicted octanol–water partition coefficient (Wildman–Crippen LogP) is 4.42. The number of hydrogen-bond donors (Lipinski definition) is 0. The van der Waals surface area contributed by atoms with Crippen molar-refractivity contribution >= 4 is 47.4 Å². The first kappa shape index (κ1) is 24.5. The number of hydrogen-bond acceptors (Lipinski definition) is 8. The van der Waals surface area contributed by atoms with Crippen molar-refractivity contribution in [2.24, 2.45) is 0 Å². The fourth-order valence-corrected chi connectivity index (χ4v) is 4.38. The first-order valence-corrected chi connectivity index (χ1v) is 11.6. The van der Waals surface area contributed by atoms with Crippen LogP contribution in [0.25, 0.3) is 21.8 Å². The van der Waals surface area contributed by atoms with Crippen LogP contribution in [0.2, 0.25) is 0 Å². The van der Waals surface area contributed by atoms with Gasteiger partial charge >= 0.3 is 23.9 Å². The second-order valence-corrected chi connectivity index (χ2v) is 8.90. The molecule has 1 saturated carbocycles. The zero-order chi connectivity index (χ0) is 26.9. The molecule has 0 aromatic heterocycles. The number of rotatable bonds is 2. The van der Waals surface area contributed by atoms with Gasteiger partial charge < -0.3 is 18.9 Å². The van der Waals surface area contributed by atoms with E-state index >= 15 is 0 Å². The van der Waals surface area contributed by atoms with Gasteiger partial charge in [-0.1, -0.05) is 48.5 Å². The third-order valence-electron chi connectivity index (χ3n) is 6.43. The highest BCUT2D eigenvalue weighted by atomic mass is 16.8. The van der Waals surface area contributed by atoms with E-state index in [1.54, 1.807) is 48.5 Å². The average Bonchev–Trinajstić information content (AvgIpc) is 2.91. The maximum Gasteiger partial charge on any atom is 0.348 e. The summed E-state index contributed by atoms with van der Waals surface area (Å²) in [6.45, 7) is 14.0. The fourth-order valence-electron chi connectivity index (χ4n) is 4.38. The van der Waals surface area contributed by atoms with Crippen molar-refractivity contribution < 1.29 is 38.1 Å². The molecule has 1 aliphatic carbocycles. The van der Waals surface area contributed by atoms with Crippen LogP contribution in [0, 0.1) is 13.1 Å². The third-order valence-corrected chi connectivity index (χ3v) is 6.43. The lowest BCUT2D eigenvalue weighted by Crippen LogP contribution is -2.56. The SMILES string of the molecule is [C-]#[N+]c1ccc(C=C2C(=O)OC3(CCC4(CC3)OC(=O)C(=Cc3ccc([N+]#[C-])cc3)C(=O)O4)OC2=O)cc1. The molecule has 0 atom stereocenters. The van der Waals surface area contributed by atoms with Gasteiger partial charge in [-0.25, -0.2) is 28.9 Å². The number of carbonyl (C=O) groups excluding carboxylic acids is 4. The maximum absolute atomic E-state index is 12.7. The lowest BCUT2D eigenvalue weighted by atomic mass is 9.87. The molecule has 2 aromatic rings. The van der Waals surface area contributed by atoms with E-state index in [0.717, 1.165) is 0 Å². The van der Waals surface area contributed by atoms with E-state index in [4.69, 9.17) is 32.1 Å². The van der Waals surface area contributed by atoms with Gasteiger partial charge in [0.15, 0.2) is 11.4 Å². The Morgan fingerprint density at radius 3 is 1.11 bits per heavy atom. The molecule has 10 nitrogen and oxygen atoms in total. The van der Waals surface area contributed by atoms with E-state index in [9.17, 15) is 19.2 Å². The average molecular weight is 510 g/mol. The van der Waals surface area contributed by atoms with E-state index in [0.29, 0.717) is 22.5 Å². The van der Waals surface area contributed by atoms with Crippen LogP contribution < -0.4 is 0 Å². The van der Waals surface area contributed by atoms with Gasteiger partial charge in [-0.05, 0) is 23.3 Å². The van der Waals surface area contributed by atoms with Crippen LogP contribution in [0.5, 0.6) is 0 Å². The third kappa shape index (κ3) is 4.63. The lowest BCUT2D eigenvalue weighted by molar-refractivity contribution is -0.291.